The van der Waals surface area contributed by atoms with Gasteiger partial charge in [-0.2, -0.15) is 0 Å². The number of carbonyl (C=O) groups excluding carboxylic acids is 1. The van der Waals surface area contributed by atoms with E-state index < -0.39 is 18.3 Å². The average molecular weight is 263 g/mol. The molecule has 1 amide bonds. The van der Waals surface area contributed by atoms with Gasteiger partial charge >= 0.3 is 0 Å². The van der Waals surface area contributed by atoms with Crippen LogP contribution in [0.4, 0.5) is 4.39 Å². The molecule has 0 aliphatic carbocycles. The van der Waals surface area contributed by atoms with Crippen LogP contribution in [0.1, 0.15) is 18.1 Å². The summed E-state index contributed by atoms with van der Waals surface area (Å²) in [5, 5.41) is 0. The first-order valence-electron chi connectivity index (χ1n) is 6.25. The second-order valence-corrected chi connectivity index (χ2v) is 4.71. The Morgan fingerprint density at radius 3 is 3.11 bits per heavy atom. The van der Waals surface area contributed by atoms with Crippen LogP contribution in [0.5, 0.6) is 0 Å². The van der Waals surface area contributed by atoms with Gasteiger partial charge in [0.25, 0.3) is 5.91 Å². The van der Waals surface area contributed by atoms with Gasteiger partial charge in [-0.15, -0.1) is 0 Å². The topological polar surface area (TPSA) is 54.8 Å². The standard InChI is InChI=1S/C13H14FN3O2/c14-10-3-5-17(7-10)13(18)11-12(19-8-16-11)9-2-1-4-15-6-9/h1-2,4,6,8,10-12H,3,5,7H2/t10-,11+,12-/m0/s1. The molecule has 19 heavy (non-hydrogen) atoms. The highest BCUT2D eigenvalue weighted by molar-refractivity contribution is 5.85. The number of hydrogen-bond donors (Lipinski definition) is 0. The lowest BCUT2D eigenvalue weighted by Crippen LogP contribution is -2.39. The number of halogens is 1. The summed E-state index contributed by atoms with van der Waals surface area (Å²) < 4.78 is 18.6. The van der Waals surface area contributed by atoms with Crippen LogP contribution in [0, 0.1) is 0 Å². The summed E-state index contributed by atoms with van der Waals surface area (Å²) >= 11 is 0. The van der Waals surface area contributed by atoms with Gasteiger partial charge in [0, 0.05) is 24.5 Å². The summed E-state index contributed by atoms with van der Waals surface area (Å²) in [6.07, 6.45) is 3.63. The maximum atomic E-state index is 13.2. The summed E-state index contributed by atoms with van der Waals surface area (Å²) in [6, 6.07) is 3.00. The number of ether oxygens (including phenoxy) is 1. The van der Waals surface area contributed by atoms with E-state index in [4.69, 9.17) is 4.74 Å². The van der Waals surface area contributed by atoms with E-state index in [-0.39, 0.29) is 12.5 Å². The smallest absolute Gasteiger partial charge is 0.251 e. The number of amides is 1. The molecule has 0 unspecified atom stereocenters. The lowest BCUT2D eigenvalue weighted by Gasteiger charge is -2.22. The first-order valence-corrected chi connectivity index (χ1v) is 6.25. The summed E-state index contributed by atoms with van der Waals surface area (Å²) in [5.74, 6) is -0.178. The van der Waals surface area contributed by atoms with Gasteiger partial charge in [-0.3, -0.25) is 9.78 Å². The van der Waals surface area contributed by atoms with Crippen LogP contribution >= 0.6 is 0 Å². The molecule has 3 atom stereocenters. The van der Waals surface area contributed by atoms with E-state index in [0.717, 1.165) is 5.56 Å². The third kappa shape index (κ3) is 2.30. The van der Waals surface area contributed by atoms with Gasteiger partial charge in [0.05, 0.1) is 6.54 Å². The van der Waals surface area contributed by atoms with E-state index >= 15 is 0 Å². The molecule has 3 heterocycles. The van der Waals surface area contributed by atoms with Crippen LogP contribution in [-0.2, 0) is 9.53 Å². The molecule has 100 valence electrons. The predicted octanol–water partition coefficient (Wildman–Crippen LogP) is 1.12. The molecule has 0 bridgehead atoms. The van der Waals surface area contributed by atoms with Crippen LogP contribution in [0.15, 0.2) is 29.5 Å². The minimum absolute atomic E-state index is 0.157. The third-order valence-corrected chi connectivity index (χ3v) is 3.42. The molecule has 0 saturated carbocycles. The van der Waals surface area contributed by atoms with Crippen molar-refractivity contribution in [2.75, 3.05) is 13.1 Å². The van der Waals surface area contributed by atoms with Crippen LogP contribution in [-0.4, -0.2) is 47.5 Å². The summed E-state index contributed by atoms with van der Waals surface area (Å²) in [5.41, 5.74) is 0.800. The van der Waals surface area contributed by atoms with Gasteiger partial charge < -0.3 is 9.64 Å². The van der Waals surface area contributed by atoms with E-state index in [9.17, 15) is 9.18 Å². The van der Waals surface area contributed by atoms with Crippen molar-refractivity contribution in [3.8, 4) is 0 Å². The Morgan fingerprint density at radius 1 is 1.53 bits per heavy atom. The normalized spacial score (nSPS) is 29.5. The Bertz CT molecular complexity index is 494. The van der Waals surface area contributed by atoms with Crippen molar-refractivity contribution in [2.24, 2.45) is 4.99 Å². The molecule has 0 aromatic carbocycles. The molecule has 1 saturated heterocycles. The quantitative estimate of drug-likeness (QED) is 0.803. The van der Waals surface area contributed by atoms with Crippen LogP contribution < -0.4 is 0 Å². The van der Waals surface area contributed by atoms with Crippen molar-refractivity contribution in [1.29, 1.82) is 0 Å². The molecule has 6 heteroatoms. The number of aliphatic imine (C=N–C) groups is 1. The lowest BCUT2D eigenvalue weighted by molar-refractivity contribution is -0.133. The van der Waals surface area contributed by atoms with Gasteiger partial charge in [0.15, 0.2) is 18.5 Å². The van der Waals surface area contributed by atoms with Crippen molar-refractivity contribution in [3.05, 3.63) is 30.1 Å². The van der Waals surface area contributed by atoms with Crippen LogP contribution in [0.2, 0.25) is 0 Å². The number of aromatic nitrogens is 1. The van der Waals surface area contributed by atoms with E-state index in [0.29, 0.717) is 13.0 Å². The number of nitrogens with zero attached hydrogens (tertiary/aromatic N) is 3. The summed E-state index contributed by atoms with van der Waals surface area (Å²) in [7, 11) is 0. The molecule has 2 aliphatic heterocycles. The molecule has 1 aromatic heterocycles. The van der Waals surface area contributed by atoms with Gasteiger partial charge in [-0.05, 0) is 12.5 Å². The number of pyridine rings is 1. The van der Waals surface area contributed by atoms with E-state index in [1.54, 1.807) is 18.5 Å². The molecule has 0 spiro atoms. The highest BCUT2D eigenvalue weighted by Gasteiger charge is 2.39. The van der Waals surface area contributed by atoms with Gasteiger partial charge in [0.2, 0.25) is 0 Å². The minimum atomic E-state index is -0.924. The largest absolute Gasteiger partial charge is 0.473 e. The first kappa shape index (κ1) is 12.1. The van der Waals surface area contributed by atoms with E-state index in [1.807, 2.05) is 6.07 Å². The SMILES string of the molecule is O=C([C@@H]1N=CO[C@H]1c1cccnc1)N1CC[C@H](F)C1. The molecular weight excluding hydrogens is 249 g/mol. The van der Waals surface area contributed by atoms with Crippen molar-refractivity contribution < 1.29 is 13.9 Å². The van der Waals surface area contributed by atoms with Gasteiger partial charge in [-0.25, -0.2) is 9.38 Å². The zero-order chi connectivity index (χ0) is 13.2. The van der Waals surface area contributed by atoms with Crippen molar-refractivity contribution in [1.82, 2.24) is 9.88 Å². The number of rotatable bonds is 2. The minimum Gasteiger partial charge on any atom is -0.473 e. The van der Waals surface area contributed by atoms with E-state index in [2.05, 4.69) is 9.98 Å². The number of alkyl halides is 1. The number of hydrogen-bond acceptors (Lipinski definition) is 4. The second-order valence-electron chi connectivity index (χ2n) is 4.71. The fourth-order valence-corrected chi connectivity index (χ4v) is 2.42. The fourth-order valence-electron chi connectivity index (χ4n) is 2.42. The van der Waals surface area contributed by atoms with Gasteiger partial charge in [-0.1, -0.05) is 6.07 Å². The lowest BCUT2D eigenvalue weighted by atomic mass is 10.0. The van der Waals surface area contributed by atoms with E-state index in [1.165, 1.54) is 11.3 Å². The van der Waals surface area contributed by atoms with Crippen LogP contribution in [0.3, 0.4) is 0 Å². The molecule has 0 radical (unpaired) electrons. The monoisotopic (exact) mass is 263 g/mol. The fraction of sp³-hybridized carbons (Fsp3) is 0.462. The maximum absolute atomic E-state index is 13.2. The molecule has 3 rings (SSSR count). The molecule has 1 aromatic rings. The van der Waals surface area contributed by atoms with Crippen LogP contribution in [0.25, 0.3) is 0 Å². The Hall–Kier alpha value is -1.98. The summed E-state index contributed by atoms with van der Waals surface area (Å²) in [4.78, 5) is 21.9. The Morgan fingerprint density at radius 2 is 2.42 bits per heavy atom. The number of likely N-dealkylation sites (tertiary alicyclic amines) is 1. The highest BCUT2D eigenvalue weighted by atomic mass is 19.1. The second kappa shape index (κ2) is 4.95. The Labute approximate surface area is 110 Å². The Balaban J connectivity index is 1.76. The first-order chi connectivity index (χ1) is 9.25. The predicted molar refractivity (Wildman–Crippen MR) is 66.4 cm³/mol. The molecule has 5 nitrogen and oxygen atoms in total. The molecule has 2 aliphatic rings. The third-order valence-electron chi connectivity index (χ3n) is 3.42. The summed E-state index contributed by atoms with van der Waals surface area (Å²) in [6.45, 7) is 0.608. The van der Waals surface area contributed by atoms with Crippen molar-refractivity contribution in [2.45, 2.75) is 24.7 Å². The number of carbonyl (C=O) groups is 1. The highest BCUT2D eigenvalue weighted by Crippen LogP contribution is 2.28. The maximum Gasteiger partial charge on any atom is 0.251 e. The Kier molecular flexibility index (Phi) is 3.15. The zero-order valence-corrected chi connectivity index (χ0v) is 10.3. The molecular formula is C13H14FN3O2. The molecule has 0 N–H and O–H groups in total. The zero-order valence-electron chi connectivity index (χ0n) is 10.3. The van der Waals surface area contributed by atoms with Gasteiger partial charge in [0.1, 0.15) is 6.17 Å². The molecule has 1 fully saturated rings. The van der Waals surface area contributed by atoms with Crippen molar-refractivity contribution >= 4 is 12.3 Å². The van der Waals surface area contributed by atoms with Crippen molar-refractivity contribution in [3.63, 3.8) is 0 Å². The average Bonchev–Trinajstić information content (AvgIpc) is 3.07.